The van der Waals surface area contributed by atoms with Gasteiger partial charge in [0.2, 0.25) is 0 Å². The third kappa shape index (κ3) is 5.76. The molecular formula is C12H19Cl2FN2S. The first-order chi connectivity index (χ1) is 8.19. The van der Waals surface area contributed by atoms with Crippen LogP contribution in [0, 0.1) is 5.82 Å². The minimum absolute atomic E-state index is 0. The van der Waals surface area contributed by atoms with Gasteiger partial charge in [0, 0.05) is 24.9 Å². The number of thioether (sulfide) groups is 1. The van der Waals surface area contributed by atoms with Crippen molar-refractivity contribution in [3.63, 3.8) is 0 Å². The van der Waals surface area contributed by atoms with Crippen molar-refractivity contribution < 1.29 is 4.39 Å². The van der Waals surface area contributed by atoms with Crippen LogP contribution < -0.4 is 11.1 Å². The largest absolute Gasteiger partial charge is 0.329 e. The summed E-state index contributed by atoms with van der Waals surface area (Å²) in [6, 6.07) is 5.16. The third-order valence-corrected chi connectivity index (χ3v) is 3.43. The lowest BCUT2D eigenvalue weighted by atomic mass is 10.1. The first-order valence-electron chi connectivity index (χ1n) is 5.54. The van der Waals surface area contributed by atoms with Crippen molar-refractivity contribution in [3.8, 4) is 0 Å². The molecule has 0 bridgehead atoms. The van der Waals surface area contributed by atoms with Gasteiger partial charge >= 0.3 is 0 Å². The Bertz CT molecular complexity index is 353. The highest BCUT2D eigenvalue weighted by atomic mass is 35.5. The molecule has 3 N–H and O–H groups in total. The topological polar surface area (TPSA) is 38.0 Å². The summed E-state index contributed by atoms with van der Waals surface area (Å²) in [6.45, 7) is 1.37. The van der Waals surface area contributed by atoms with E-state index < -0.39 is 0 Å². The lowest BCUT2D eigenvalue weighted by Crippen LogP contribution is -2.39. The molecule has 0 aromatic heterocycles. The monoisotopic (exact) mass is 312 g/mol. The molecule has 0 aliphatic rings. The summed E-state index contributed by atoms with van der Waals surface area (Å²) in [5, 5.41) is 3.48. The van der Waals surface area contributed by atoms with E-state index in [1.165, 1.54) is 0 Å². The van der Waals surface area contributed by atoms with Gasteiger partial charge in [0.05, 0.1) is 5.02 Å². The van der Waals surface area contributed by atoms with Crippen LogP contribution in [0.2, 0.25) is 5.02 Å². The molecule has 1 rings (SSSR count). The second-order valence-electron chi connectivity index (χ2n) is 3.80. The zero-order valence-corrected chi connectivity index (χ0v) is 12.7. The second-order valence-corrected chi connectivity index (χ2v) is 5.19. The fraction of sp³-hybridized carbons (Fsp3) is 0.500. The molecule has 0 aliphatic carbocycles. The van der Waals surface area contributed by atoms with E-state index in [2.05, 4.69) is 11.6 Å². The highest BCUT2D eigenvalue weighted by molar-refractivity contribution is 7.98. The predicted octanol–water partition coefficient (Wildman–Crippen LogP) is 2.72. The molecule has 0 fully saturated rings. The number of halogens is 3. The number of nitrogens with two attached hydrogens (primary N) is 1. The van der Waals surface area contributed by atoms with Crippen molar-refractivity contribution in [1.82, 2.24) is 5.32 Å². The second kappa shape index (κ2) is 9.87. The van der Waals surface area contributed by atoms with Gasteiger partial charge in [-0.25, -0.2) is 4.39 Å². The molecule has 0 spiro atoms. The van der Waals surface area contributed by atoms with Crippen LogP contribution in [0.25, 0.3) is 0 Å². The Kier molecular flexibility index (Phi) is 9.87. The van der Waals surface area contributed by atoms with Gasteiger partial charge in [-0.3, -0.25) is 0 Å². The maximum Gasteiger partial charge on any atom is 0.145 e. The molecule has 18 heavy (non-hydrogen) atoms. The lowest BCUT2D eigenvalue weighted by Gasteiger charge is -2.17. The highest BCUT2D eigenvalue weighted by Gasteiger charge is 2.12. The molecule has 0 aliphatic heterocycles. The maximum atomic E-state index is 13.7. The van der Waals surface area contributed by atoms with E-state index in [0.717, 1.165) is 12.3 Å². The van der Waals surface area contributed by atoms with E-state index in [9.17, 15) is 4.39 Å². The van der Waals surface area contributed by atoms with Crippen molar-refractivity contribution in [2.45, 2.75) is 12.5 Å². The van der Waals surface area contributed by atoms with Crippen molar-refractivity contribution in [2.75, 3.05) is 25.1 Å². The maximum absolute atomic E-state index is 13.7. The Morgan fingerprint density at radius 2 is 2.22 bits per heavy atom. The summed E-state index contributed by atoms with van der Waals surface area (Å²) in [6.07, 6.45) is 2.62. The third-order valence-electron chi connectivity index (χ3n) is 2.52. The summed E-state index contributed by atoms with van der Waals surface area (Å²) in [4.78, 5) is 0. The van der Waals surface area contributed by atoms with E-state index >= 15 is 0 Å². The summed E-state index contributed by atoms with van der Waals surface area (Å²) in [5.74, 6) is 0.688. The molecule has 104 valence electrons. The van der Waals surface area contributed by atoms with Crippen LogP contribution in [0.1, 0.15) is 5.56 Å². The van der Waals surface area contributed by atoms with Crippen LogP contribution in [-0.4, -0.2) is 31.1 Å². The van der Waals surface area contributed by atoms with Gasteiger partial charge in [0.25, 0.3) is 0 Å². The molecule has 1 aromatic carbocycles. The highest BCUT2D eigenvalue weighted by Crippen LogP contribution is 2.18. The van der Waals surface area contributed by atoms with Crippen LogP contribution in [0.5, 0.6) is 0 Å². The summed E-state index contributed by atoms with van der Waals surface area (Å²) in [7, 11) is 0. The molecule has 0 heterocycles. The molecule has 1 unspecified atom stereocenters. The van der Waals surface area contributed by atoms with Crippen LogP contribution in [-0.2, 0) is 6.42 Å². The molecule has 0 saturated carbocycles. The van der Waals surface area contributed by atoms with Gasteiger partial charge in [-0.05, 0) is 24.3 Å². The van der Waals surface area contributed by atoms with E-state index in [0.29, 0.717) is 18.5 Å². The van der Waals surface area contributed by atoms with Crippen molar-refractivity contribution in [1.29, 1.82) is 0 Å². The molecule has 2 nitrogen and oxygen atoms in total. The number of nitrogens with one attached hydrogen (secondary N) is 1. The predicted molar refractivity (Wildman–Crippen MR) is 81.6 cm³/mol. The van der Waals surface area contributed by atoms with E-state index in [4.69, 9.17) is 17.3 Å². The van der Waals surface area contributed by atoms with E-state index in [1.54, 1.807) is 30.0 Å². The van der Waals surface area contributed by atoms with Crippen molar-refractivity contribution in [2.24, 2.45) is 5.73 Å². The molecule has 0 amide bonds. The van der Waals surface area contributed by atoms with Crippen LogP contribution >= 0.6 is 35.8 Å². The number of benzene rings is 1. The molecule has 1 aromatic rings. The molecule has 0 radical (unpaired) electrons. The lowest BCUT2D eigenvalue weighted by molar-refractivity contribution is 0.517. The van der Waals surface area contributed by atoms with E-state index in [-0.39, 0.29) is 29.3 Å². The van der Waals surface area contributed by atoms with Crippen LogP contribution in [0.15, 0.2) is 18.2 Å². The summed E-state index contributed by atoms with van der Waals surface area (Å²) < 4.78 is 13.7. The SMILES string of the molecule is CSCCNC(CN)Cc1cccc(Cl)c1F.Cl. The Morgan fingerprint density at radius 1 is 1.50 bits per heavy atom. The van der Waals surface area contributed by atoms with Gasteiger partial charge < -0.3 is 11.1 Å². The number of rotatable bonds is 7. The van der Waals surface area contributed by atoms with Crippen LogP contribution in [0.4, 0.5) is 4.39 Å². The molecule has 0 saturated heterocycles. The number of hydrogen-bond donors (Lipinski definition) is 2. The minimum Gasteiger partial charge on any atom is -0.329 e. The molecular weight excluding hydrogens is 294 g/mol. The fourth-order valence-electron chi connectivity index (χ4n) is 1.58. The summed E-state index contributed by atoms with van der Waals surface area (Å²) >= 11 is 7.50. The quantitative estimate of drug-likeness (QED) is 0.760. The van der Waals surface area contributed by atoms with Gasteiger partial charge in [-0.15, -0.1) is 12.4 Å². The Balaban J connectivity index is 0.00000289. The standard InChI is InChI=1S/C12H18ClFN2S.ClH/c1-17-6-5-16-10(8-15)7-9-3-2-4-11(13)12(9)14;/h2-4,10,16H,5-8,15H2,1H3;1H. The zero-order chi connectivity index (χ0) is 12.7. The van der Waals surface area contributed by atoms with Gasteiger partial charge in [-0.2, -0.15) is 11.8 Å². The Hall–Kier alpha value is -0.0000000000000000555. The summed E-state index contributed by atoms with van der Waals surface area (Å²) in [5.41, 5.74) is 6.28. The normalized spacial score (nSPS) is 12.0. The van der Waals surface area contributed by atoms with Gasteiger partial charge in [-0.1, -0.05) is 23.7 Å². The first kappa shape index (κ1) is 18.0. The smallest absolute Gasteiger partial charge is 0.145 e. The van der Waals surface area contributed by atoms with Crippen molar-refractivity contribution in [3.05, 3.63) is 34.6 Å². The average molecular weight is 313 g/mol. The molecule has 1 atom stereocenters. The van der Waals surface area contributed by atoms with Gasteiger partial charge in [0.1, 0.15) is 5.82 Å². The first-order valence-corrected chi connectivity index (χ1v) is 7.31. The van der Waals surface area contributed by atoms with Gasteiger partial charge in [0.15, 0.2) is 0 Å². The van der Waals surface area contributed by atoms with Crippen molar-refractivity contribution >= 4 is 35.8 Å². The Labute approximate surface area is 123 Å². The Morgan fingerprint density at radius 3 is 2.83 bits per heavy atom. The van der Waals surface area contributed by atoms with E-state index in [1.807, 2.05) is 0 Å². The zero-order valence-electron chi connectivity index (χ0n) is 10.3. The minimum atomic E-state index is -0.334. The van der Waals surface area contributed by atoms with Crippen LogP contribution in [0.3, 0.4) is 0 Å². The fourth-order valence-corrected chi connectivity index (χ4v) is 2.09. The molecule has 6 heteroatoms. The number of hydrogen-bond acceptors (Lipinski definition) is 3. The average Bonchev–Trinajstić information content (AvgIpc) is 2.33.